The number of nitrogens with zero attached hydrogens (tertiary/aromatic N) is 3. The number of aldehydes is 1. The molecule has 1 aromatic heterocycles. The topological polar surface area (TPSA) is 66.1 Å². The molecule has 0 bridgehead atoms. The van der Waals surface area contributed by atoms with Crippen LogP contribution >= 0.6 is 0 Å². The molecule has 5 nitrogen and oxygen atoms in total. The van der Waals surface area contributed by atoms with Crippen molar-refractivity contribution in [3.8, 4) is 22.9 Å². The molecule has 1 amide bonds. The minimum Gasteiger partial charge on any atom is -0.311 e. The van der Waals surface area contributed by atoms with Crippen molar-refractivity contribution < 1.29 is 9.59 Å². The molecular formula is C34H23N3O2. The van der Waals surface area contributed by atoms with E-state index in [4.69, 9.17) is 0 Å². The summed E-state index contributed by atoms with van der Waals surface area (Å²) in [5, 5.41) is 11.8. The van der Waals surface area contributed by atoms with E-state index in [1.807, 2.05) is 102 Å². The normalized spacial score (nSPS) is 10.9. The van der Waals surface area contributed by atoms with Gasteiger partial charge in [0.1, 0.15) is 6.07 Å². The van der Waals surface area contributed by atoms with Crippen molar-refractivity contribution in [1.29, 1.82) is 5.26 Å². The number of rotatable bonds is 5. The van der Waals surface area contributed by atoms with Crippen molar-refractivity contribution in [2.45, 2.75) is 0 Å². The molecule has 186 valence electrons. The molecule has 0 saturated carbocycles. The Morgan fingerprint density at radius 1 is 0.769 bits per heavy atom. The van der Waals surface area contributed by atoms with E-state index in [-0.39, 0.29) is 17.0 Å². The molecule has 0 fully saturated rings. The Kier molecular flexibility index (Phi) is 5.99. The van der Waals surface area contributed by atoms with Crippen LogP contribution in [-0.4, -0.2) is 23.8 Å². The number of para-hydroxylation sites is 2. The molecule has 0 atom stereocenters. The standard InChI is InChI=1S/C34H23N3O2/c1-36(27-19-17-24(18-20-27)23-9-3-2-4-10-23)34(39)32-26(22-38)12-8-16-31(32)37-30-15-6-5-13-28(30)29-14-7-11-25(21-35)33(29)37/h2-20,22H,1H3. The maximum Gasteiger partial charge on any atom is 0.260 e. The number of nitriles is 1. The first kappa shape index (κ1) is 23.9. The van der Waals surface area contributed by atoms with Gasteiger partial charge in [-0.15, -0.1) is 0 Å². The SMILES string of the molecule is CN(C(=O)c1c(C=O)cccc1-n1c2ccccc2c2cccc(C#N)c21)c1ccc(-c2ccccc2)cc1. The van der Waals surface area contributed by atoms with Crippen LogP contribution in [0.1, 0.15) is 26.3 Å². The van der Waals surface area contributed by atoms with Gasteiger partial charge in [-0.1, -0.05) is 84.9 Å². The fourth-order valence-electron chi connectivity index (χ4n) is 5.23. The van der Waals surface area contributed by atoms with E-state index in [2.05, 4.69) is 6.07 Å². The van der Waals surface area contributed by atoms with E-state index in [0.717, 1.165) is 27.4 Å². The summed E-state index contributed by atoms with van der Waals surface area (Å²) >= 11 is 0. The summed E-state index contributed by atoms with van der Waals surface area (Å²) in [7, 11) is 1.71. The van der Waals surface area contributed by atoms with Gasteiger partial charge in [0.05, 0.1) is 27.8 Å². The predicted molar refractivity (Wildman–Crippen MR) is 155 cm³/mol. The number of aromatic nitrogens is 1. The summed E-state index contributed by atoms with van der Waals surface area (Å²) in [5.41, 5.74) is 5.98. The Balaban J connectivity index is 1.53. The maximum atomic E-state index is 14.1. The monoisotopic (exact) mass is 505 g/mol. The molecule has 0 aliphatic rings. The number of anilines is 1. The van der Waals surface area contributed by atoms with Gasteiger partial charge in [-0.2, -0.15) is 5.26 Å². The van der Waals surface area contributed by atoms with E-state index in [0.29, 0.717) is 28.7 Å². The zero-order valence-corrected chi connectivity index (χ0v) is 21.2. The maximum absolute atomic E-state index is 14.1. The summed E-state index contributed by atoms with van der Waals surface area (Å²) < 4.78 is 1.93. The Labute approximate surface area is 225 Å². The number of hydrogen-bond donors (Lipinski definition) is 0. The second kappa shape index (κ2) is 9.77. The molecular weight excluding hydrogens is 482 g/mol. The Bertz CT molecular complexity index is 1910. The first-order valence-corrected chi connectivity index (χ1v) is 12.6. The lowest BCUT2D eigenvalue weighted by Crippen LogP contribution is -2.28. The molecule has 1 heterocycles. The predicted octanol–water partition coefficient (Wildman–Crippen LogP) is 7.41. The van der Waals surface area contributed by atoms with E-state index >= 15 is 0 Å². The smallest absolute Gasteiger partial charge is 0.260 e. The summed E-state index contributed by atoms with van der Waals surface area (Å²) in [5.74, 6) is -0.319. The van der Waals surface area contributed by atoms with Gasteiger partial charge in [0.15, 0.2) is 6.29 Å². The van der Waals surface area contributed by atoms with Crippen LogP contribution in [0.5, 0.6) is 0 Å². The first-order chi connectivity index (χ1) is 19.1. The van der Waals surface area contributed by atoms with Gasteiger partial charge < -0.3 is 9.47 Å². The lowest BCUT2D eigenvalue weighted by molar-refractivity contribution is 0.0986. The number of amides is 1. The third-order valence-electron chi connectivity index (χ3n) is 7.14. The van der Waals surface area contributed by atoms with Crippen LogP contribution in [0.4, 0.5) is 5.69 Å². The molecule has 0 unspecified atom stereocenters. The summed E-state index contributed by atoms with van der Waals surface area (Å²) in [4.78, 5) is 27.9. The van der Waals surface area contributed by atoms with E-state index in [1.54, 1.807) is 30.1 Å². The van der Waals surface area contributed by atoms with E-state index in [9.17, 15) is 14.9 Å². The molecule has 0 aliphatic carbocycles. The van der Waals surface area contributed by atoms with Crippen molar-refractivity contribution >= 4 is 39.7 Å². The molecule has 0 radical (unpaired) electrons. The zero-order chi connectivity index (χ0) is 26.9. The van der Waals surface area contributed by atoms with Crippen LogP contribution in [0.25, 0.3) is 38.6 Å². The molecule has 0 N–H and O–H groups in total. The Hall–Kier alpha value is -5.47. The number of benzene rings is 5. The zero-order valence-electron chi connectivity index (χ0n) is 21.2. The molecule has 6 rings (SSSR count). The van der Waals surface area contributed by atoms with Crippen molar-refractivity contribution in [3.05, 3.63) is 132 Å². The second-order valence-corrected chi connectivity index (χ2v) is 9.30. The third kappa shape index (κ3) is 3.96. The minimum absolute atomic E-state index is 0.275. The van der Waals surface area contributed by atoms with Crippen LogP contribution in [0, 0.1) is 11.3 Å². The largest absolute Gasteiger partial charge is 0.311 e. The summed E-state index contributed by atoms with van der Waals surface area (Å²) in [6, 6.07) is 38.8. The lowest BCUT2D eigenvalue weighted by atomic mass is 10.0. The van der Waals surface area contributed by atoms with Crippen LogP contribution in [0.3, 0.4) is 0 Å². The van der Waals surface area contributed by atoms with Gasteiger partial charge in [0.2, 0.25) is 0 Å². The average molecular weight is 506 g/mol. The average Bonchev–Trinajstić information content (AvgIpc) is 3.35. The molecule has 5 aromatic carbocycles. The molecule has 0 spiro atoms. The van der Waals surface area contributed by atoms with Crippen LogP contribution < -0.4 is 4.90 Å². The molecule has 5 heteroatoms. The molecule has 0 saturated heterocycles. The van der Waals surface area contributed by atoms with Gasteiger partial charge in [-0.3, -0.25) is 9.59 Å². The van der Waals surface area contributed by atoms with E-state index in [1.165, 1.54) is 0 Å². The second-order valence-electron chi connectivity index (χ2n) is 9.30. The number of carbonyl (C=O) groups excluding carboxylic acids is 2. The Morgan fingerprint density at radius 2 is 1.44 bits per heavy atom. The van der Waals surface area contributed by atoms with Crippen molar-refractivity contribution in [2.75, 3.05) is 11.9 Å². The lowest BCUT2D eigenvalue weighted by Gasteiger charge is -2.22. The first-order valence-electron chi connectivity index (χ1n) is 12.6. The highest BCUT2D eigenvalue weighted by atomic mass is 16.2. The quantitative estimate of drug-likeness (QED) is 0.229. The number of carbonyl (C=O) groups is 2. The molecule has 39 heavy (non-hydrogen) atoms. The highest BCUT2D eigenvalue weighted by Gasteiger charge is 2.25. The van der Waals surface area contributed by atoms with E-state index < -0.39 is 0 Å². The third-order valence-corrected chi connectivity index (χ3v) is 7.14. The van der Waals surface area contributed by atoms with Gasteiger partial charge in [0.25, 0.3) is 5.91 Å². The van der Waals surface area contributed by atoms with Crippen LogP contribution in [0.2, 0.25) is 0 Å². The number of fused-ring (bicyclic) bond motifs is 3. The minimum atomic E-state index is -0.319. The highest BCUT2D eigenvalue weighted by Crippen LogP contribution is 2.36. The number of hydrogen-bond acceptors (Lipinski definition) is 3. The van der Waals surface area contributed by atoms with Gasteiger partial charge >= 0.3 is 0 Å². The fraction of sp³-hybridized carbons (Fsp3) is 0.0294. The van der Waals surface area contributed by atoms with Gasteiger partial charge in [-0.25, -0.2) is 0 Å². The highest BCUT2D eigenvalue weighted by molar-refractivity contribution is 6.15. The summed E-state index contributed by atoms with van der Waals surface area (Å²) in [6.45, 7) is 0. The van der Waals surface area contributed by atoms with Crippen molar-refractivity contribution in [3.63, 3.8) is 0 Å². The van der Waals surface area contributed by atoms with Gasteiger partial charge in [-0.05, 0) is 41.5 Å². The van der Waals surface area contributed by atoms with Crippen LogP contribution in [0.15, 0.2) is 115 Å². The van der Waals surface area contributed by atoms with Gasteiger partial charge in [0, 0.05) is 29.1 Å². The van der Waals surface area contributed by atoms with Crippen LogP contribution in [-0.2, 0) is 0 Å². The van der Waals surface area contributed by atoms with Crippen molar-refractivity contribution in [1.82, 2.24) is 4.57 Å². The van der Waals surface area contributed by atoms with Crippen molar-refractivity contribution in [2.24, 2.45) is 0 Å². The summed E-state index contributed by atoms with van der Waals surface area (Å²) in [6.07, 6.45) is 0.710. The molecule has 0 aliphatic heterocycles. The fourth-order valence-corrected chi connectivity index (χ4v) is 5.23. The molecule has 6 aromatic rings. The Morgan fingerprint density at radius 3 is 2.18 bits per heavy atom.